The minimum atomic E-state index is -0.894. The van der Waals surface area contributed by atoms with Crippen LogP contribution >= 0.6 is 11.8 Å². The van der Waals surface area contributed by atoms with Crippen LogP contribution in [0.15, 0.2) is 30.5 Å². The lowest BCUT2D eigenvalue weighted by Gasteiger charge is -2.33. The first-order valence-corrected chi connectivity index (χ1v) is 16.5. The number of benzene rings is 2. The van der Waals surface area contributed by atoms with Crippen LogP contribution in [0.3, 0.4) is 0 Å². The number of fused-ring (bicyclic) bond motifs is 5. The summed E-state index contributed by atoms with van der Waals surface area (Å²) in [4.78, 5) is 18.3. The van der Waals surface area contributed by atoms with Gasteiger partial charge in [-0.2, -0.15) is 21.7 Å². The zero-order valence-electron chi connectivity index (χ0n) is 24.5. The molecule has 6 heterocycles. The molecule has 4 aliphatic heterocycles. The summed E-state index contributed by atoms with van der Waals surface area (Å²) >= 11 is 2.01. The Bertz CT molecular complexity index is 1780. The van der Waals surface area contributed by atoms with Crippen molar-refractivity contribution in [3.63, 3.8) is 0 Å². The zero-order valence-corrected chi connectivity index (χ0v) is 25.3. The summed E-state index contributed by atoms with van der Waals surface area (Å²) < 4.78 is 52.4. The van der Waals surface area contributed by atoms with E-state index in [1.165, 1.54) is 12.1 Å². The summed E-state index contributed by atoms with van der Waals surface area (Å²) in [5.41, 5.74) is 0.353. The highest BCUT2D eigenvalue weighted by Gasteiger charge is 2.49. The van der Waals surface area contributed by atoms with Gasteiger partial charge >= 0.3 is 6.01 Å². The molecule has 2 aromatic heterocycles. The number of aryl methyl sites for hydroxylation is 1. The molecule has 7 nitrogen and oxygen atoms in total. The summed E-state index contributed by atoms with van der Waals surface area (Å²) in [5, 5.41) is 13.1. The second-order valence-corrected chi connectivity index (χ2v) is 14.3. The lowest BCUT2D eigenvalue weighted by atomic mass is 9.94. The first kappa shape index (κ1) is 28.2. The minimum Gasteiger partial charge on any atom is -0.508 e. The van der Waals surface area contributed by atoms with Crippen LogP contribution in [0, 0.1) is 11.6 Å². The Morgan fingerprint density at radius 1 is 1.11 bits per heavy atom. The molecule has 4 aromatic rings. The molecule has 4 saturated heterocycles. The van der Waals surface area contributed by atoms with Crippen LogP contribution in [0.1, 0.15) is 44.6 Å². The number of nitrogens with zero attached hydrogens (tertiary/aromatic N) is 5. The average Bonchev–Trinajstić information content (AvgIpc) is 3.66. The lowest BCUT2D eigenvalue weighted by Crippen LogP contribution is -2.43. The Morgan fingerprint density at radius 3 is 2.73 bits per heavy atom. The second kappa shape index (κ2) is 10.7. The molecule has 2 aromatic carbocycles. The molecule has 230 valence electrons. The van der Waals surface area contributed by atoms with Crippen molar-refractivity contribution >= 4 is 39.3 Å². The molecule has 1 N–H and O–H groups in total. The first-order valence-electron chi connectivity index (χ1n) is 15.5. The maximum absolute atomic E-state index is 16.8. The van der Waals surface area contributed by atoms with E-state index < -0.39 is 23.3 Å². The van der Waals surface area contributed by atoms with Gasteiger partial charge in [0, 0.05) is 48.3 Å². The zero-order chi connectivity index (χ0) is 30.2. The molecular formula is C33H34F3N5O2S. The number of phenols is 1. The van der Waals surface area contributed by atoms with Crippen LogP contribution in [-0.2, 0) is 6.42 Å². The van der Waals surface area contributed by atoms with Gasteiger partial charge in [0.1, 0.15) is 41.4 Å². The van der Waals surface area contributed by atoms with Gasteiger partial charge in [0.05, 0.1) is 10.9 Å². The minimum absolute atomic E-state index is 0.0276. The molecule has 0 aliphatic carbocycles. The fraction of sp³-hybridized carbons (Fsp3) is 0.485. The Balaban J connectivity index is 1.27. The number of ether oxygens (including phenoxy) is 1. The highest BCUT2D eigenvalue weighted by molar-refractivity contribution is 8.00. The summed E-state index contributed by atoms with van der Waals surface area (Å²) in [5.74, 6) is -0.571. The smallest absolute Gasteiger partial charge is 0.319 e. The van der Waals surface area contributed by atoms with Gasteiger partial charge in [0.2, 0.25) is 0 Å². The van der Waals surface area contributed by atoms with E-state index in [2.05, 4.69) is 19.8 Å². The number of aromatic nitrogens is 3. The van der Waals surface area contributed by atoms with Crippen LogP contribution < -0.4 is 9.64 Å². The van der Waals surface area contributed by atoms with Crippen molar-refractivity contribution in [2.24, 2.45) is 0 Å². The molecule has 44 heavy (non-hydrogen) atoms. The largest absolute Gasteiger partial charge is 0.508 e. The highest BCUT2D eigenvalue weighted by atomic mass is 32.2. The number of aromatic hydroxyl groups is 1. The standard InChI is InChI=1S/C33H34F3N5O2S/c1-2-23-26(35)7-4-18-10-20(42)11-24(27(18)23)29-28(36)30-25(13-37-29)31(40-15-21-5-6-22(16-40)44-21)39-32(38-30)43-17-33-8-3-9-41(33)14-19(34)12-33/h4,7,10-11,13,19,21-22,42H,2-3,5-6,8-9,12,14-17H2,1H3/t19-,21-,22+,33+/m1/s1. The lowest BCUT2D eigenvalue weighted by molar-refractivity contribution is 0.107. The van der Waals surface area contributed by atoms with Crippen LogP contribution in [0.2, 0.25) is 0 Å². The molecule has 0 unspecified atom stereocenters. The number of rotatable bonds is 6. The maximum Gasteiger partial charge on any atom is 0.319 e. The van der Waals surface area contributed by atoms with E-state index in [9.17, 15) is 13.9 Å². The van der Waals surface area contributed by atoms with Gasteiger partial charge in [-0.15, -0.1) is 0 Å². The predicted octanol–water partition coefficient (Wildman–Crippen LogP) is 6.43. The van der Waals surface area contributed by atoms with Crippen molar-refractivity contribution in [1.82, 2.24) is 19.9 Å². The first-order chi connectivity index (χ1) is 21.3. The molecule has 4 aliphatic rings. The Labute approximate surface area is 257 Å². The molecule has 0 radical (unpaired) electrons. The van der Waals surface area contributed by atoms with Crippen molar-refractivity contribution in [3.05, 3.63) is 47.7 Å². The van der Waals surface area contributed by atoms with Crippen molar-refractivity contribution < 1.29 is 23.0 Å². The molecule has 0 amide bonds. The number of anilines is 1. The van der Waals surface area contributed by atoms with Crippen LogP contribution in [0.4, 0.5) is 19.0 Å². The quantitative estimate of drug-likeness (QED) is 0.264. The number of halogens is 3. The molecule has 4 atom stereocenters. The second-order valence-electron chi connectivity index (χ2n) is 12.7. The van der Waals surface area contributed by atoms with E-state index in [4.69, 9.17) is 9.72 Å². The van der Waals surface area contributed by atoms with E-state index in [0.29, 0.717) is 63.0 Å². The third kappa shape index (κ3) is 4.57. The summed E-state index contributed by atoms with van der Waals surface area (Å²) in [6.07, 6.45) is 5.57. The third-order valence-electron chi connectivity index (χ3n) is 9.98. The molecule has 0 saturated carbocycles. The van der Waals surface area contributed by atoms with Crippen LogP contribution in [0.25, 0.3) is 32.9 Å². The monoisotopic (exact) mass is 621 g/mol. The molecule has 2 bridgehead atoms. The maximum atomic E-state index is 16.8. The van der Waals surface area contributed by atoms with Crippen molar-refractivity contribution in [3.8, 4) is 23.0 Å². The van der Waals surface area contributed by atoms with Crippen LogP contribution in [0.5, 0.6) is 11.8 Å². The fourth-order valence-corrected chi connectivity index (χ4v) is 9.60. The van der Waals surface area contributed by atoms with Crippen LogP contribution in [-0.4, -0.2) is 80.0 Å². The summed E-state index contributed by atoms with van der Waals surface area (Å²) in [7, 11) is 0. The Morgan fingerprint density at radius 2 is 1.93 bits per heavy atom. The number of hydrogen-bond acceptors (Lipinski definition) is 8. The third-order valence-corrected chi connectivity index (χ3v) is 11.5. The SMILES string of the molecule is CCc1c(F)ccc2cc(O)cc(-c3ncc4c(N5C[C@H]6CC[C@@H](C5)S6)nc(OC[C@@]56CCCN5C[C@H](F)C6)nc4c3F)c12. The van der Waals surface area contributed by atoms with Gasteiger partial charge in [-0.25, -0.2) is 13.2 Å². The summed E-state index contributed by atoms with van der Waals surface area (Å²) in [6.45, 7) is 4.88. The van der Waals surface area contributed by atoms with Gasteiger partial charge < -0.3 is 14.7 Å². The number of alkyl halides is 1. The normalized spacial score (nSPS) is 26.6. The number of thioether (sulfide) groups is 1. The number of phenolic OH excluding ortho intramolecular Hbond substituents is 1. The fourth-order valence-electron chi connectivity index (χ4n) is 7.98. The molecule has 8 rings (SSSR count). The van der Waals surface area contributed by atoms with E-state index in [1.807, 2.05) is 18.7 Å². The molecule has 11 heteroatoms. The number of pyridine rings is 1. The topological polar surface area (TPSA) is 74.6 Å². The number of hydrogen-bond donors (Lipinski definition) is 1. The van der Waals surface area contributed by atoms with E-state index in [0.717, 1.165) is 45.3 Å². The predicted molar refractivity (Wildman–Crippen MR) is 166 cm³/mol. The van der Waals surface area contributed by atoms with Crippen molar-refractivity contribution in [2.75, 3.05) is 37.7 Å². The van der Waals surface area contributed by atoms with E-state index >= 15 is 4.39 Å². The van der Waals surface area contributed by atoms with Gasteiger partial charge in [0.15, 0.2) is 5.82 Å². The highest BCUT2D eigenvalue weighted by Crippen LogP contribution is 2.44. The van der Waals surface area contributed by atoms with E-state index in [-0.39, 0.29) is 29.6 Å². The van der Waals surface area contributed by atoms with Gasteiger partial charge in [-0.3, -0.25) is 9.88 Å². The molecular weight excluding hydrogens is 587 g/mol. The average molecular weight is 622 g/mol. The van der Waals surface area contributed by atoms with Gasteiger partial charge in [0.25, 0.3) is 0 Å². The summed E-state index contributed by atoms with van der Waals surface area (Å²) in [6, 6.07) is 5.97. The van der Waals surface area contributed by atoms with E-state index in [1.54, 1.807) is 18.3 Å². The van der Waals surface area contributed by atoms with Gasteiger partial charge in [-0.05, 0) is 73.2 Å². The Kier molecular flexibility index (Phi) is 6.82. The Hall–Kier alpha value is -3.31. The van der Waals surface area contributed by atoms with Crippen molar-refractivity contribution in [2.45, 2.75) is 67.7 Å². The molecule has 4 fully saturated rings. The van der Waals surface area contributed by atoms with Crippen molar-refractivity contribution in [1.29, 1.82) is 0 Å². The van der Waals surface area contributed by atoms with Gasteiger partial charge in [-0.1, -0.05) is 13.0 Å². The molecule has 0 spiro atoms.